The minimum Gasteiger partial charge on any atom is -0.449 e. The van der Waals surface area contributed by atoms with Crippen LogP contribution in [0.4, 0.5) is 19.4 Å². The molecule has 0 atom stereocenters. The monoisotopic (exact) mass is 526 g/mol. The molecule has 3 aliphatic carbocycles. The van der Waals surface area contributed by atoms with Gasteiger partial charge in [-0.1, -0.05) is 29.4 Å². The maximum atomic E-state index is 13.6. The third-order valence-corrected chi connectivity index (χ3v) is 8.10. The fourth-order valence-corrected chi connectivity index (χ4v) is 5.54. The number of nitrogens with zero attached hydrogens (tertiary/aromatic N) is 3. The van der Waals surface area contributed by atoms with E-state index in [-0.39, 0.29) is 17.4 Å². The van der Waals surface area contributed by atoms with Crippen molar-refractivity contribution in [3.05, 3.63) is 59.9 Å². The van der Waals surface area contributed by atoms with Crippen LogP contribution in [0, 0.1) is 5.41 Å². The molecule has 3 fully saturated rings. The molecule has 2 heterocycles. The number of halogens is 2. The van der Waals surface area contributed by atoms with Gasteiger partial charge >= 0.3 is 12.0 Å². The van der Waals surface area contributed by atoms with Gasteiger partial charge in [0.25, 0.3) is 5.89 Å². The van der Waals surface area contributed by atoms with Gasteiger partial charge in [0.2, 0.25) is 0 Å². The Kier molecular flexibility index (Phi) is 6.49. The lowest BCUT2D eigenvalue weighted by atomic mass is 9.53. The molecule has 0 unspecified atom stereocenters. The molecule has 2 N–H and O–H groups in total. The van der Waals surface area contributed by atoms with Crippen molar-refractivity contribution in [1.82, 2.24) is 15.1 Å². The molecule has 0 radical (unpaired) electrons. The quantitative estimate of drug-likeness (QED) is 0.371. The molecule has 0 saturated heterocycles. The predicted molar refractivity (Wildman–Crippen MR) is 136 cm³/mol. The van der Waals surface area contributed by atoms with E-state index >= 15 is 0 Å². The van der Waals surface area contributed by atoms with Gasteiger partial charge in [0.1, 0.15) is 5.82 Å². The molecule has 10 heteroatoms. The first-order valence-corrected chi connectivity index (χ1v) is 12.8. The van der Waals surface area contributed by atoms with Gasteiger partial charge < -0.3 is 14.4 Å². The van der Waals surface area contributed by atoms with Crippen molar-refractivity contribution in [3.63, 3.8) is 0 Å². The molecule has 0 spiro atoms. The summed E-state index contributed by atoms with van der Waals surface area (Å²) in [6.45, 7) is 4.49. The Morgan fingerprint density at radius 2 is 1.71 bits per heavy atom. The van der Waals surface area contributed by atoms with Crippen molar-refractivity contribution in [2.45, 2.75) is 76.2 Å². The number of nitrogens with one attached hydrogen (secondary N) is 1. The van der Waals surface area contributed by atoms with E-state index in [0.29, 0.717) is 11.6 Å². The van der Waals surface area contributed by atoms with Crippen LogP contribution in [0.1, 0.15) is 76.6 Å². The van der Waals surface area contributed by atoms with Gasteiger partial charge in [-0.15, -0.1) is 0 Å². The molecular formula is C28H32F2N4O4. The minimum atomic E-state index is -3.16. The Morgan fingerprint density at radius 1 is 1.05 bits per heavy atom. The molecule has 6 rings (SSSR count). The number of aromatic nitrogens is 3. The van der Waals surface area contributed by atoms with Crippen LogP contribution in [0.25, 0.3) is 11.1 Å². The van der Waals surface area contributed by atoms with E-state index in [1.54, 1.807) is 26.1 Å². The van der Waals surface area contributed by atoms with Crippen molar-refractivity contribution >= 4 is 11.9 Å². The minimum absolute atomic E-state index is 0.141. The summed E-state index contributed by atoms with van der Waals surface area (Å²) in [5.41, 5.74) is 1.19. The Hall–Kier alpha value is -3.40. The van der Waals surface area contributed by atoms with E-state index in [1.165, 1.54) is 0 Å². The number of hydrogen-bond acceptors (Lipinski definition) is 7. The molecule has 0 aliphatic heterocycles. The molecule has 1 aromatic carbocycles. The van der Waals surface area contributed by atoms with E-state index in [2.05, 4.69) is 20.4 Å². The van der Waals surface area contributed by atoms with Crippen LogP contribution in [-0.4, -0.2) is 32.9 Å². The van der Waals surface area contributed by atoms with E-state index in [9.17, 15) is 18.7 Å². The van der Waals surface area contributed by atoms with Crippen molar-refractivity contribution in [1.29, 1.82) is 0 Å². The normalized spacial score (nSPS) is 23.3. The molecule has 3 aliphatic rings. The van der Waals surface area contributed by atoms with E-state index in [1.807, 2.05) is 30.3 Å². The lowest BCUT2D eigenvalue weighted by Crippen LogP contribution is -2.47. The smallest absolute Gasteiger partial charge is 0.412 e. The number of anilines is 1. The van der Waals surface area contributed by atoms with E-state index in [4.69, 9.17) is 9.26 Å². The standard InChI is InChI=1S/C28H32F2N4O4/c1-25(2,36)20-6-4-18(5-7-20)19-8-15-31-21(16-19)32-24(35)37-17-27-9-12-28(13-10-27,14-11-27)22-33-23(38-34-22)26(3,29)30/h4-8,15-16,36H,9-14,17H2,1-3H3,(H,31,32,35). The van der Waals surface area contributed by atoms with Crippen molar-refractivity contribution in [3.8, 4) is 11.1 Å². The second-order valence-corrected chi connectivity index (χ2v) is 11.4. The maximum absolute atomic E-state index is 13.6. The Morgan fingerprint density at radius 3 is 2.29 bits per heavy atom. The number of hydrogen-bond donors (Lipinski definition) is 2. The SMILES string of the molecule is CC(C)(O)c1ccc(-c2ccnc(NC(=O)OCC34CCC(c5noc(C(C)(F)F)n5)(CC3)CC4)c2)cc1. The molecular weight excluding hydrogens is 494 g/mol. The number of alkyl halides is 2. The van der Waals surface area contributed by atoms with Gasteiger partial charge in [-0.2, -0.15) is 13.8 Å². The highest BCUT2D eigenvalue weighted by molar-refractivity contribution is 5.84. The third kappa shape index (κ3) is 5.27. The zero-order chi connectivity index (χ0) is 27.2. The van der Waals surface area contributed by atoms with Gasteiger partial charge in [0, 0.05) is 24.0 Å². The van der Waals surface area contributed by atoms with Crippen LogP contribution in [0.5, 0.6) is 0 Å². The summed E-state index contributed by atoms with van der Waals surface area (Å²) in [4.78, 5) is 20.9. The van der Waals surface area contributed by atoms with Crippen LogP contribution in [0.15, 0.2) is 47.1 Å². The molecule has 8 nitrogen and oxygen atoms in total. The zero-order valence-corrected chi connectivity index (χ0v) is 21.8. The Labute approximate surface area is 219 Å². The number of carbonyl (C=O) groups is 1. The van der Waals surface area contributed by atoms with Gasteiger partial charge in [-0.25, -0.2) is 9.78 Å². The average Bonchev–Trinajstić information content (AvgIpc) is 3.41. The lowest BCUT2D eigenvalue weighted by Gasteiger charge is -2.51. The fourth-order valence-electron chi connectivity index (χ4n) is 5.54. The molecule has 2 bridgehead atoms. The number of ether oxygens (including phenoxy) is 1. The second kappa shape index (κ2) is 9.41. The number of pyridine rings is 1. The van der Waals surface area contributed by atoms with Crippen molar-refractivity contribution in [2.75, 3.05) is 11.9 Å². The molecule has 2 aromatic heterocycles. The summed E-state index contributed by atoms with van der Waals surface area (Å²) in [7, 11) is 0. The molecule has 38 heavy (non-hydrogen) atoms. The van der Waals surface area contributed by atoms with Gasteiger partial charge in [-0.3, -0.25) is 5.32 Å². The van der Waals surface area contributed by atoms with Crippen molar-refractivity contribution in [2.24, 2.45) is 5.41 Å². The maximum Gasteiger partial charge on any atom is 0.412 e. The number of amides is 1. The van der Waals surface area contributed by atoms with Crippen molar-refractivity contribution < 1.29 is 27.9 Å². The first-order chi connectivity index (χ1) is 17.9. The third-order valence-electron chi connectivity index (χ3n) is 8.10. The summed E-state index contributed by atoms with van der Waals surface area (Å²) in [5, 5.41) is 16.8. The van der Waals surface area contributed by atoms with Crippen LogP contribution >= 0.6 is 0 Å². The van der Waals surface area contributed by atoms with Crippen LogP contribution in [0.2, 0.25) is 0 Å². The predicted octanol–water partition coefficient (Wildman–Crippen LogP) is 6.31. The van der Waals surface area contributed by atoms with Crippen LogP contribution in [-0.2, 0) is 21.7 Å². The summed E-state index contributed by atoms with van der Waals surface area (Å²) in [6, 6.07) is 11.2. The van der Waals surface area contributed by atoms with E-state index < -0.39 is 23.5 Å². The van der Waals surface area contributed by atoms with Crippen LogP contribution in [0.3, 0.4) is 0 Å². The first-order valence-electron chi connectivity index (χ1n) is 12.8. The largest absolute Gasteiger partial charge is 0.449 e. The number of fused-ring (bicyclic) bond motifs is 3. The molecule has 202 valence electrons. The number of aliphatic hydroxyl groups is 1. The number of rotatable bonds is 7. The lowest BCUT2D eigenvalue weighted by molar-refractivity contribution is -0.0159. The summed E-state index contributed by atoms with van der Waals surface area (Å²) >= 11 is 0. The average molecular weight is 527 g/mol. The first kappa shape index (κ1) is 26.2. The fraction of sp³-hybridized carbons (Fsp3) is 0.500. The highest BCUT2D eigenvalue weighted by atomic mass is 19.3. The zero-order valence-electron chi connectivity index (χ0n) is 21.8. The number of benzene rings is 1. The topological polar surface area (TPSA) is 110 Å². The highest BCUT2D eigenvalue weighted by Gasteiger charge is 2.52. The Balaban J connectivity index is 1.17. The Bertz CT molecular complexity index is 1290. The summed E-state index contributed by atoms with van der Waals surface area (Å²) in [5.74, 6) is -3.06. The highest BCUT2D eigenvalue weighted by Crippen LogP contribution is 2.57. The van der Waals surface area contributed by atoms with E-state index in [0.717, 1.165) is 62.1 Å². The molecule has 1 amide bonds. The molecule has 3 aromatic rings. The van der Waals surface area contributed by atoms with Gasteiger partial charge in [0.05, 0.1) is 12.2 Å². The van der Waals surface area contributed by atoms with Gasteiger partial charge in [0.15, 0.2) is 5.82 Å². The number of carbonyl (C=O) groups excluding carboxylic acids is 1. The summed E-state index contributed by atoms with van der Waals surface area (Å²) < 4.78 is 37.6. The molecule has 3 saturated carbocycles. The van der Waals surface area contributed by atoms with Crippen LogP contribution < -0.4 is 5.32 Å². The summed E-state index contributed by atoms with van der Waals surface area (Å²) in [6.07, 6.45) is 5.64. The second-order valence-electron chi connectivity index (χ2n) is 11.4. The van der Waals surface area contributed by atoms with Gasteiger partial charge in [-0.05, 0) is 81.2 Å².